The zero-order valence-corrected chi connectivity index (χ0v) is 43.9. The molecule has 0 aromatic rings. The molecule has 0 bridgehead atoms. The van der Waals surface area contributed by atoms with Crippen LogP contribution < -0.4 is 0 Å². The second-order valence-corrected chi connectivity index (χ2v) is 20.4. The number of unbranched alkanes of at least 4 members (excludes halogenated alkanes) is 35. The van der Waals surface area contributed by atoms with Gasteiger partial charge in [-0.3, -0.25) is 14.4 Å². The molecule has 0 rings (SSSR count). The van der Waals surface area contributed by atoms with Crippen LogP contribution in [0.5, 0.6) is 0 Å². The average Bonchev–Trinajstić information content (AvgIpc) is 3.29. The molecular weight excluding hydrogens is 793 g/mol. The highest BCUT2D eigenvalue weighted by atomic mass is 16.6. The molecule has 0 aromatic carbocycles. The minimum Gasteiger partial charge on any atom is -0.462 e. The van der Waals surface area contributed by atoms with Gasteiger partial charge in [-0.05, 0) is 31.1 Å². The first-order valence-corrected chi connectivity index (χ1v) is 28.8. The van der Waals surface area contributed by atoms with Crippen molar-refractivity contribution >= 4 is 17.9 Å². The predicted molar refractivity (Wildman–Crippen MR) is 275 cm³/mol. The maximum Gasteiger partial charge on any atom is 0.306 e. The molecule has 0 aliphatic rings. The van der Waals surface area contributed by atoms with Crippen LogP contribution in [0.2, 0.25) is 0 Å². The molecular formula is C58H112O6. The van der Waals surface area contributed by atoms with E-state index in [2.05, 4.69) is 34.6 Å². The molecule has 2 unspecified atom stereocenters. The first-order chi connectivity index (χ1) is 31.3. The summed E-state index contributed by atoms with van der Waals surface area (Å²) in [6.45, 7) is 11.5. The summed E-state index contributed by atoms with van der Waals surface area (Å²) in [7, 11) is 0. The fraction of sp³-hybridized carbons (Fsp3) is 0.948. The van der Waals surface area contributed by atoms with Crippen molar-refractivity contribution in [1.82, 2.24) is 0 Å². The van der Waals surface area contributed by atoms with Crippen LogP contribution in [-0.2, 0) is 28.6 Å². The Balaban J connectivity index is 4.31. The van der Waals surface area contributed by atoms with Crippen LogP contribution in [0.15, 0.2) is 0 Å². The van der Waals surface area contributed by atoms with E-state index >= 15 is 0 Å². The molecule has 64 heavy (non-hydrogen) atoms. The molecule has 0 amide bonds. The SMILES string of the molecule is CCCCCCCCCCCCCCCCC(=O)OC[C@H](COC(=O)CCCCCCCCCCCCC(C)CC)OC(=O)CCCCCCCCCCCCCCCCC(C)CC. The Morgan fingerprint density at radius 1 is 0.312 bits per heavy atom. The van der Waals surface area contributed by atoms with Gasteiger partial charge in [0.25, 0.3) is 0 Å². The molecule has 0 saturated carbocycles. The molecule has 380 valence electrons. The van der Waals surface area contributed by atoms with E-state index in [0.29, 0.717) is 19.3 Å². The molecule has 0 fully saturated rings. The van der Waals surface area contributed by atoms with Crippen molar-refractivity contribution in [2.24, 2.45) is 11.8 Å². The second kappa shape index (κ2) is 50.8. The third-order valence-corrected chi connectivity index (χ3v) is 13.9. The smallest absolute Gasteiger partial charge is 0.306 e. The first-order valence-electron chi connectivity index (χ1n) is 28.8. The number of carbonyl (C=O) groups excluding carboxylic acids is 3. The Bertz CT molecular complexity index is 982. The highest BCUT2D eigenvalue weighted by Gasteiger charge is 2.19. The lowest BCUT2D eigenvalue weighted by Crippen LogP contribution is -2.30. The van der Waals surface area contributed by atoms with Crippen LogP contribution in [0.25, 0.3) is 0 Å². The Hall–Kier alpha value is -1.59. The Morgan fingerprint density at radius 2 is 0.547 bits per heavy atom. The van der Waals surface area contributed by atoms with E-state index in [1.54, 1.807) is 0 Å². The summed E-state index contributed by atoms with van der Waals surface area (Å²) in [6.07, 6.45) is 53.6. The van der Waals surface area contributed by atoms with Crippen molar-refractivity contribution in [3.05, 3.63) is 0 Å². The van der Waals surface area contributed by atoms with Crippen molar-refractivity contribution in [3.8, 4) is 0 Å². The van der Waals surface area contributed by atoms with Gasteiger partial charge in [-0.2, -0.15) is 0 Å². The van der Waals surface area contributed by atoms with Gasteiger partial charge >= 0.3 is 17.9 Å². The van der Waals surface area contributed by atoms with Crippen molar-refractivity contribution in [3.63, 3.8) is 0 Å². The van der Waals surface area contributed by atoms with Gasteiger partial charge in [0.15, 0.2) is 6.10 Å². The van der Waals surface area contributed by atoms with E-state index in [4.69, 9.17) is 14.2 Å². The molecule has 0 saturated heterocycles. The third kappa shape index (κ3) is 48.3. The fourth-order valence-electron chi connectivity index (χ4n) is 8.81. The summed E-state index contributed by atoms with van der Waals surface area (Å²) in [6, 6.07) is 0. The van der Waals surface area contributed by atoms with Crippen LogP contribution in [0.3, 0.4) is 0 Å². The molecule has 6 nitrogen and oxygen atoms in total. The van der Waals surface area contributed by atoms with E-state index in [9.17, 15) is 14.4 Å². The van der Waals surface area contributed by atoms with E-state index in [1.165, 1.54) is 212 Å². The summed E-state index contributed by atoms with van der Waals surface area (Å²) in [5, 5.41) is 0. The summed E-state index contributed by atoms with van der Waals surface area (Å²) >= 11 is 0. The Labute approximate surface area is 399 Å². The highest BCUT2D eigenvalue weighted by molar-refractivity contribution is 5.71. The van der Waals surface area contributed by atoms with Gasteiger partial charge in [0.1, 0.15) is 13.2 Å². The van der Waals surface area contributed by atoms with E-state index < -0.39 is 6.10 Å². The van der Waals surface area contributed by atoms with Gasteiger partial charge in [-0.25, -0.2) is 0 Å². The third-order valence-electron chi connectivity index (χ3n) is 13.9. The van der Waals surface area contributed by atoms with Crippen LogP contribution in [0, 0.1) is 11.8 Å². The largest absolute Gasteiger partial charge is 0.462 e. The van der Waals surface area contributed by atoms with Crippen LogP contribution in [-0.4, -0.2) is 37.2 Å². The maximum atomic E-state index is 12.9. The molecule has 6 heteroatoms. The monoisotopic (exact) mass is 905 g/mol. The van der Waals surface area contributed by atoms with E-state index in [1.807, 2.05) is 0 Å². The minimum atomic E-state index is -0.763. The van der Waals surface area contributed by atoms with Crippen LogP contribution in [0.1, 0.15) is 324 Å². The van der Waals surface area contributed by atoms with Gasteiger partial charge in [-0.1, -0.05) is 285 Å². The zero-order valence-electron chi connectivity index (χ0n) is 43.9. The maximum absolute atomic E-state index is 12.9. The first kappa shape index (κ1) is 62.4. The number of esters is 3. The number of hydrogen-bond acceptors (Lipinski definition) is 6. The molecule has 0 aromatic heterocycles. The number of ether oxygens (including phenoxy) is 3. The van der Waals surface area contributed by atoms with Gasteiger partial charge in [0.2, 0.25) is 0 Å². The summed E-state index contributed by atoms with van der Waals surface area (Å²) in [5.41, 5.74) is 0. The quantitative estimate of drug-likeness (QED) is 0.0344. The predicted octanol–water partition coefficient (Wildman–Crippen LogP) is 18.9. The lowest BCUT2D eigenvalue weighted by molar-refractivity contribution is -0.167. The normalized spacial score (nSPS) is 12.9. The average molecular weight is 906 g/mol. The Morgan fingerprint density at radius 3 is 0.812 bits per heavy atom. The molecule has 0 heterocycles. The molecule has 0 N–H and O–H groups in total. The van der Waals surface area contributed by atoms with Gasteiger partial charge < -0.3 is 14.2 Å². The molecule has 0 aliphatic carbocycles. The molecule has 3 atom stereocenters. The zero-order chi connectivity index (χ0) is 46.8. The van der Waals surface area contributed by atoms with Crippen molar-refractivity contribution < 1.29 is 28.6 Å². The molecule has 0 radical (unpaired) electrons. The standard InChI is InChI=1S/C58H112O6/c1-6-9-10-11-12-13-14-15-19-22-28-33-38-43-48-56(59)62-51-55(52-63-57(60)49-44-39-34-29-25-24-27-32-37-42-47-54(5)8-3)64-58(61)50-45-40-35-30-23-20-17-16-18-21-26-31-36-41-46-53(4)7-2/h53-55H,6-52H2,1-5H3/t53?,54?,55-/m1/s1. The lowest BCUT2D eigenvalue weighted by Gasteiger charge is -2.18. The van der Waals surface area contributed by atoms with Gasteiger partial charge in [0, 0.05) is 19.3 Å². The van der Waals surface area contributed by atoms with Gasteiger partial charge in [0.05, 0.1) is 0 Å². The highest BCUT2D eigenvalue weighted by Crippen LogP contribution is 2.19. The Kier molecular flexibility index (Phi) is 49.6. The topological polar surface area (TPSA) is 78.9 Å². The van der Waals surface area contributed by atoms with Crippen molar-refractivity contribution in [2.45, 2.75) is 330 Å². The van der Waals surface area contributed by atoms with Crippen molar-refractivity contribution in [1.29, 1.82) is 0 Å². The van der Waals surface area contributed by atoms with E-state index in [0.717, 1.165) is 69.6 Å². The lowest BCUT2D eigenvalue weighted by atomic mass is 9.99. The molecule has 0 aliphatic heterocycles. The summed E-state index contributed by atoms with van der Waals surface area (Å²) in [5.74, 6) is 0.924. The summed E-state index contributed by atoms with van der Waals surface area (Å²) in [4.78, 5) is 38.1. The number of hydrogen-bond donors (Lipinski definition) is 0. The van der Waals surface area contributed by atoms with E-state index in [-0.39, 0.29) is 31.1 Å². The van der Waals surface area contributed by atoms with Crippen LogP contribution >= 0.6 is 0 Å². The molecule has 0 spiro atoms. The van der Waals surface area contributed by atoms with Crippen molar-refractivity contribution in [2.75, 3.05) is 13.2 Å². The van der Waals surface area contributed by atoms with Gasteiger partial charge in [-0.15, -0.1) is 0 Å². The summed E-state index contributed by atoms with van der Waals surface area (Å²) < 4.78 is 16.9. The second-order valence-electron chi connectivity index (χ2n) is 20.4. The number of carbonyl (C=O) groups is 3. The fourth-order valence-corrected chi connectivity index (χ4v) is 8.81. The minimum absolute atomic E-state index is 0.0628. The van der Waals surface area contributed by atoms with Crippen LogP contribution in [0.4, 0.5) is 0 Å². The number of rotatable bonds is 52.